The van der Waals surface area contributed by atoms with Crippen LogP contribution in [0.1, 0.15) is 0 Å². The number of fused-ring (bicyclic) bond motifs is 1. The maximum absolute atomic E-state index is 5.19. The highest BCUT2D eigenvalue weighted by atomic mass is 16.5. The summed E-state index contributed by atoms with van der Waals surface area (Å²) < 4.78 is 5.19. The van der Waals surface area contributed by atoms with E-state index < -0.39 is 0 Å². The van der Waals surface area contributed by atoms with E-state index in [1.54, 1.807) is 0 Å². The number of aromatic nitrogens is 1. The van der Waals surface area contributed by atoms with Gasteiger partial charge < -0.3 is 4.74 Å². The van der Waals surface area contributed by atoms with Crippen LogP contribution in [0.25, 0.3) is 10.9 Å². The number of para-hydroxylation sites is 1. The Kier molecular flexibility index (Phi) is 2.13. The van der Waals surface area contributed by atoms with E-state index in [-0.39, 0.29) is 0 Å². The third kappa shape index (κ3) is 1.61. The van der Waals surface area contributed by atoms with Crippen LogP contribution in [0, 0.1) is 6.92 Å². The maximum atomic E-state index is 5.19. The van der Waals surface area contributed by atoms with E-state index in [0.29, 0.717) is 12.5 Å². The first-order valence-corrected chi connectivity index (χ1v) is 4.18. The lowest BCUT2D eigenvalue weighted by Crippen LogP contribution is -1.94. The summed E-state index contributed by atoms with van der Waals surface area (Å²) in [5, 5.41) is 1.12. The molecule has 0 spiro atoms. The molecule has 1 aromatic carbocycles. The van der Waals surface area contributed by atoms with Crippen LogP contribution in [0.5, 0.6) is 5.88 Å². The molecule has 2 aromatic rings. The van der Waals surface area contributed by atoms with Crippen LogP contribution in [-0.4, -0.2) is 11.6 Å². The van der Waals surface area contributed by atoms with Crippen molar-refractivity contribution in [2.24, 2.45) is 0 Å². The number of ether oxygens (including phenoxy) is 1. The molecule has 0 N–H and O–H groups in total. The molecule has 0 saturated carbocycles. The van der Waals surface area contributed by atoms with Crippen molar-refractivity contribution in [1.29, 1.82) is 0 Å². The zero-order chi connectivity index (χ0) is 9.10. The van der Waals surface area contributed by atoms with Crippen molar-refractivity contribution in [3.8, 4) is 5.88 Å². The van der Waals surface area contributed by atoms with Crippen LogP contribution in [-0.2, 0) is 0 Å². The molecule has 0 aliphatic carbocycles. The number of benzene rings is 1. The van der Waals surface area contributed by atoms with Crippen molar-refractivity contribution in [1.82, 2.24) is 4.98 Å². The molecule has 0 atom stereocenters. The Balaban J connectivity index is 2.49. The van der Waals surface area contributed by atoms with Crippen molar-refractivity contribution in [3.05, 3.63) is 43.3 Å². The summed E-state index contributed by atoms with van der Waals surface area (Å²) in [6, 6.07) is 11.8. The van der Waals surface area contributed by atoms with Crippen LogP contribution < -0.4 is 4.74 Å². The lowest BCUT2D eigenvalue weighted by atomic mass is 10.2. The summed E-state index contributed by atoms with van der Waals surface area (Å²) in [4.78, 5) is 4.30. The molecule has 0 amide bonds. The Hall–Kier alpha value is -1.57. The van der Waals surface area contributed by atoms with Gasteiger partial charge >= 0.3 is 0 Å². The highest BCUT2D eigenvalue weighted by Crippen LogP contribution is 2.15. The largest absolute Gasteiger partial charge is 0.478 e. The molecule has 13 heavy (non-hydrogen) atoms. The second-order valence-corrected chi connectivity index (χ2v) is 2.69. The van der Waals surface area contributed by atoms with Gasteiger partial charge in [0.2, 0.25) is 5.88 Å². The van der Waals surface area contributed by atoms with Crippen LogP contribution in [0.15, 0.2) is 36.4 Å². The zero-order valence-electron chi connectivity index (χ0n) is 7.23. The topological polar surface area (TPSA) is 22.1 Å². The Morgan fingerprint density at radius 2 is 2.00 bits per heavy atom. The Morgan fingerprint density at radius 3 is 2.85 bits per heavy atom. The zero-order valence-corrected chi connectivity index (χ0v) is 7.23. The van der Waals surface area contributed by atoms with Gasteiger partial charge in [-0.1, -0.05) is 18.2 Å². The predicted octanol–water partition coefficient (Wildman–Crippen LogP) is 2.45. The molecule has 0 aliphatic rings. The number of hydrogen-bond donors (Lipinski definition) is 0. The van der Waals surface area contributed by atoms with E-state index in [1.807, 2.05) is 36.4 Å². The van der Waals surface area contributed by atoms with Crippen molar-refractivity contribution in [2.75, 3.05) is 6.61 Å². The fourth-order valence-electron chi connectivity index (χ4n) is 1.23. The summed E-state index contributed by atoms with van der Waals surface area (Å²) in [6.07, 6.45) is 0. The Morgan fingerprint density at radius 1 is 1.15 bits per heavy atom. The van der Waals surface area contributed by atoms with Gasteiger partial charge in [-0.3, -0.25) is 0 Å². The minimum Gasteiger partial charge on any atom is -0.478 e. The fraction of sp³-hybridized carbons (Fsp3) is 0.0909. The first-order chi connectivity index (χ1) is 6.40. The van der Waals surface area contributed by atoms with Crippen LogP contribution in [0.3, 0.4) is 0 Å². The van der Waals surface area contributed by atoms with Gasteiger partial charge in [0.05, 0.1) is 12.1 Å². The van der Waals surface area contributed by atoms with Crippen LogP contribution >= 0.6 is 0 Å². The van der Waals surface area contributed by atoms with Crippen molar-refractivity contribution >= 4 is 10.9 Å². The van der Waals surface area contributed by atoms with E-state index in [2.05, 4.69) is 11.9 Å². The average Bonchev–Trinajstić information content (AvgIpc) is 2.18. The van der Waals surface area contributed by atoms with Gasteiger partial charge in [0, 0.05) is 11.5 Å². The molecule has 0 unspecified atom stereocenters. The van der Waals surface area contributed by atoms with Gasteiger partial charge in [0.25, 0.3) is 0 Å². The molecule has 2 heteroatoms. The molecule has 0 bridgehead atoms. The molecule has 0 aliphatic heterocycles. The molecule has 1 radical (unpaired) electrons. The van der Waals surface area contributed by atoms with Gasteiger partial charge in [-0.2, -0.15) is 0 Å². The van der Waals surface area contributed by atoms with Crippen molar-refractivity contribution in [3.63, 3.8) is 0 Å². The summed E-state index contributed by atoms with van der Waals surface area (Å²) in [5.41, 5.74) is 0.952. The van der Waals surface area contributed by atoms with E-state index in [0.717, 1.165) is 10.9 Å². The standard InChI is InChI=1S/C11H10NO/c1-2-13-11-8-7-9-5-3-4-6-10(9)12-11/h3-8H,1-2H2. The lowest BCUT2D eigenvalue weighted by Gasteiger charge is -2.02. The van der Waals surface area contributed by atoms with E-state index in [4.69, 9.17) is 4.74 Å². The van der Waals surface area contributed by atoms with E-state index in [1.165, 1.54) is 0 Å². The number of rotatable bonds is 2. The molecule has 2 nitrogen and oxygen atoms in total. The van der Waals surface area contributed by atoms with Crippen molar-refractivity contribution in [2.45, 2.75) is 0 Å². The molecule has 0 saturated heterocycles. The minimum atomic E-state index is 0.408. The minimum absolute atomic E-state index is 0.408. The average molecular weight is 172 g/mol. The van der Waals surface area contributed by atoms with Crippen LogP contribution in [0.4, 0.5) is 0 Å². The second kappa shape index (κ2) is 3.44. The van der Waals surface area contributed by atoms with Crippen LogP contribution in [0.2, 0.25) is 0 Å². The van der Waals surface area contributed by atoms with Gasteiger partial charge in [-0.05, 0) is 19.1 Å². The van der Waals surface area contributed by atoms with Gasteiger partial charge in [0.1, 0.15) is 0 Å². The molecular weight excluding hydrogens is 162 g/mol. The first-order valence-electron chi connectivity index (χ1n) is 4.18. The predicted molar refractivity (Wildman–Crippen MR) is 52.6 cm³/mol. The molecular formula is C11H10NO. The highest BCUT2D eigenvalue weighted by molar-refractivity contribution is 5.78. The molecule has 65 valence electrons. The quantitative estimate of drug-likeness (QED) is 0.694. The van der Waals surface area contributed by atoms with E-state index >= 15 is 0 Å². The molecule has 0 fully saturated rings. The molecule has 1 heterocycles. The highest BCUT2D eigenvalue weighted by Gasteiger charge is 1.96. The van der Waals surface area contributed by atoms with Gasteiger partial charge in [-0.15, -0.1) is 0 Å². The third-order valence-corrected chi connectivity index (χ3v) is 1.82. The fourth-order valence-corrected chi connectivity index (χ4v) is 1.23. The normalized spacial score (nSPS) is 10.2. The van der Waals surface area contributed by atoms with E-state index in [9.17, 15) is 0 Å². The smallest absolute Gasteiger partial charge is 0.213 e. The van der Waals surface area contributed by atoms with Crippen molar-refractivity contribution < 1.29 is 4.74 Å². The van der Waals surface area contributed by atoms with Gasteiger partial charge in [0.15, 0.2) is 0 Å². The molecule has 2 rings (SSSR count). The Labute approximate surface area is 77.2 Å². The SMILES string of the molecule is [CH2]COc1ccc2ccccc2n1. The second-order valence-electron chi connectivity index (χ2n) is 2.69. The third-order valence-electron chi connectivity index (χ3n) is 1.82. The lowest BCUT2D eigenvalue weighted by molar-refractivity contribution is 0.348. The number of hydrogen-bond acceptors (Lipinski definition) is 2. The number of nitrogens with zero attached hydrogens (tertiary/aromatic N) is 1. The summed E-state index contributed by atoms with van der Waals surface area (Å²) in [5.74, 6) is 0.633. The summed E-state index contributed by atoms with van der Waals surface area (Å²) in [7, 11) is 0. The maximum Gasteiger partial charge on any atom is 0.213 e. The first kappa shape index (κ1) is 8.05. The monoisotopic (exact) mass is 172 g/mol. The molecule has 1 aromatic heterocycles. The van der Waals surface area contributed by atoms with Gasteiger partial charge in [-0.25, -0.2) is 4.98 Å². The Bertz CT molecular complexity index is 412. The summed E-state index contributed by atoms with van der Waals surface area (Å²) >= 11 is 0. The number of pyridine rings is 1. The summed E-state index contributed by atoms with van der Waals surface area (Å²) in [6.45, 7) is 4.01.